The molecule has 26 heavy (non-hydrogen) atoms. The molecular weight excluding hydrogens is 509 g/mol. The minimum atomic E-state index is -4.24. The predicted molar refractivity (Wildman–Crippen MR) is 108 cm³/mol. The second kappa shape index (κ2) is 12.7. The zero-order chi connectivity index (χ0) is 18.9. The molecule has 0 aliphatic rings. The van der Waals surface area contributed by atoms with Gasteiger partial charge >= 0.3 is 6.18 Å². The van der Waals surface area contributed by atoms with E-state index in [0.717, 1.165) is 0 Å². The third-order valence-electron chi connectivity index (χ3n) is 2.85. The first kappa shape index (κ1) is 25.4. The molecule has 1 aromatic rings. The van der Waals surface area contributed by atoms with Gasteiger partial charge in [0.1, 0.15) is 23.5 Å². The lowest BCUT2D eigenvalue weighted by Gasteiger charge is -2.15. The number of aliphatic hydroxyl groups is 1. The fourth-order valence-corrected chi connectivity index (χ4v) is 2.04. The van der Waals surface area contributed by atoms with Gasteiger partial charge in [0.05, 0.1) is 18.0 Å². The number of hydrogen-bond acceptors (Lipinski definition) is 3. The van der Waals surface area contributed by atoms with Crippen LogP contribution in [0.1, 0.15) is 13.3 Å². The molecule has 0 saturated carbocycles. The molecule has 0 radical (unpaired) electrons. The van der Waals surface area contributed by atoms with E-state index in [9.17, 15) is 18.3 Å². The Morgan fingerprint density at radius 2 is 2.00 bits per heavy atom. The standard InChI is InChI=1S/C15H20Cl2F3N3O2.HI/c1-2-21-14(22-7-6-15(18,19)20)23-8-10(24)9-25-12-5-3-4-11(16)13(12)17;/h3-5,10,24H,2,6-9H2,1H3,(H2,21,22,23);1H. The van der Waals surface area contributed by atoms with Crippen LogP contribution in [0, 0.1) is 0 Å². The summed E-state index contributed by atoms with van der Waals surface area (Å²) in [5, 5.41) is 15.8. The molecule has 11 heteroatoms. The number of ether oxygens (including phenoxy) is 1. The molecule has 0 aliphatic carbocycles. The Morgan fingerprint density at radius 1 is 1.31 bits per heavy atom. The summed E-state index contributed by atoms with van der Waals surface area (Å²) < 4.78 is 41.8. The molecule has 1 atom stereocenters. The maximum absolute atomic E-state index is 12.2. The van der Waals surface area contributed by atoms with Gasteiger partial charge in [0.2, 0.25) is 0 Å². The molecule has 0 aliphatic heterocycles. The summed E-state index contributed by atoms with van der Waals surface area (Å²) >= 11 is 11.8. The van der Waals surface area contributed by atoms with Gasteiger partial charge in [0.25, 0.3) is 0 Å². The first-order valence-electron chi connectivity index (χ1n) is 7.56. The van der Waals surface area contributed by atoms with Crippen molar-refractivity contribution in [2.24, 2.45) is 4.99 Å². The van der Waals surface area contributed by atoms with Gasteiger partial charge in [-0.1, -0.05) is 29.3 Å². The predicted octanol–water partition coefficient (Wildman–Crippen LogP) is 3.86. The van der Waals surface area contributed by atoms with E-state index < -0.39 is 18.7 Å². The van der Waals surface area contributed by atoms with Crippen LogP contribution in [0.15, 0.2) is 23.2 Å². The van der Waals surface area contributed by atoms with Crippen molar-refractivity contribution in [2.75, 3.05) is 26.2 Å². The summed E-state index contributed by atoms with van der Waals surface area (Å²) in [5.41, 5.74) is 0. The average Bonchev–Trinajstić information content (AvgIpc) is 2.53. The van der Waals surface area contributed by atoms with E-state index in [1.807, 2.05) is 0 Å². The number of alkyl halides is 3. The van der Waals surface area contributed by atoms with Gasteiger partial charge in [-0.05, 0) is 19.1 Å². The molecule has 3 N–H and O–H groups in total. The fourth-order valence-electron chi connectivity index (χ4n) is 1.70. The summed E-state index contributed by atoms with van der Waals surface area (Å²) in [5.74, 6) is 0.513. The summed E-state index contributed by atoms with van der Waals surface area (Å²) in [4.78, 5) is 4.02. The maximum atomic E-state index is 12.2. The van der Waals surface area contributed by atoms with Gasteiger partial charge in [0, 0.05) is 13.1 Å². The van der Waals surface area contributed by atoms with Crippen LogP contribution in [-0.2, 0) is 0 Å². The van der Waals surface area contributed by atoms with Crippen LogP contribution in [0.2, 0.25) is 10.0 Å². The van der Waals surface area contributed by atoms with Crippen molar-refractivity contribution in [1.29, 1.82) is 0 Å². The lowest BCUT2D eigenvalue weighted by atomic mass is 10.3. The molecule has 1 rings (SSSR count). The first-order chi connectivity index (χ1) is 11.7. The van der Waals surface area contributed by atoms with Crippen LogP contribution in [-0.4, -0.2) is 49.6 Å². The van der Waals surface area contributed by atoms with Crippen molar-refractivity contribution in [3.05, 3.63) is 28.2 Å². The number of hydrogen-bond donors (Lipinski definition) is 3. The van der Waals surface area contributed by atoms with E-state index in [1.54, 1.807) is 25.1 Å². The second-order valence-corrected chi connectivity index (χ2v) is 5.81. The molecule has 1 unspecified atom stereocenters. The average molecular weight is 530 g/mol. The van der Waals surface area contributed by atoms with E-state index in [1.165, 1.54) is 0 Å². The van der Waals surface area contributed by atoms with E-state index in [4.69, 9.17) is 27.9 Å². The SMILES string of the molecule is CCNC(=NCC(O)COc1cccc(Cl)c1Cl)NCCC(F)(F)F.I. The highest BCUT2D eigenvalue weighted by molar-refractivity contribution is 14.0. The highest BCUT2D eigenvalue weighted by atomic mass is 127. The van der Waals surface area contributed by atoms with Crippen molar-refractivity contribution in [3.8, 4) is 5.75 Å². The Labute approximate surface area is 177 Å². The molecule has 0 heterocycles. The van der Waals surface area contributed by atoms with Crippen molar-refractivity contribution in [3.63, 3.8) is 0 Å². The number of nitrogens with zero attached hydrogens (tertiary/aromatic N) is 1. The zero-order valence-electron chi connectivity index (χ0n) is 13.9. The summed E-state index contributed by atoms with van der Waals surface area (Å²) in [6, 6.07) is 4.86. The van der Waals surface area contributed by atoms with Gasteiger partial charge in [-0.15, -0.1) is 24.0 Å². The number of rotatable bonds is 8. The van der Waals surface area contributed by atoms with Crippen molar-refractivity contribution < 1.29 is 23.0 Å². The van der Waals surface area contributed by atoms with Crippen molar-refractivity contribution in [1.82, 2.24) is 10.6 Å². The Morgan fingerprint density at radius 3 is 2.62 bits per heavy atom. The van der Waals surface area contributed by atoms with E-state index in [0.29, 0.717) is 17.3 Å². The molecule has 0 aromatic heterocycles. The summed E-state index contributed by atoms with van der Waals surface area (Å²) in [6.07, 6.45) is -6.18. The number of aliphatic hydroxyl groups excluding tert-OH is 1. The van der Waals surface area contributed by atoms with Crippen LogP contribution in [0.4, 0.5) is 13.2 Å². The zero-order valence-corrected chi connectivity index (χ0v) is 17.8. The summed E-state index contributed by atoms with van der Waals surface area (Å²) in [7, 11) is 0. The third kappa shape index (κ3) is 10.5. The second-order valence-electron chi connectivity index (χ2n) is 5.03. The molecule has 1 aromatic carbocycles. The van der Waals surface area contributed by atoms with Gasteiger partial charge in [-0.25, -0.2) is 0 Å². The first-order valence-corrected chi connectivity index (χ1v) is 8.32. The highest BCUT2D eigenvalue weighted by Crippen LogP contribution is 2.31. The molecule has 0 spiro atoms. The molecule has 0 saturated heterocycles. The smallest absolute Gasteiger partial charge is 0.390 e. The van der Waals surface area contributed by atoms with E-state index in [2.05, 4.69) is 15.6 Å². The minimum absolute atomic E-state index is 0. The maximum Gasteiger partial charge on any atom is 0.390 e. The van der Waals surface area contributed by atoms with Gasteiger partial charge in [0.15, 0.2) is 5.96 Å². The minimum Gasteiger partial charge on any atom is -0.489 e. The van der Waals surface area contributed by atoms with Crippen molar-refractivity contribution >= 4 is 53.1 Å². The largest absolute Gasteiger partial charge is 0.489 e. The quantitative estimate of drug-likeness (QED) is 0.272. The molecule has 0 amide bonds. The monoisotopic (exact) mass is 529 g/mol. The Kier molecular flexibility index (Phi) is 12.4. The van der Waals surface area contributed by atoms with Crippen LogP contribution in [0.3, 0.4) is 0 Å². The normalized spacial score (nSPS) is 13.0. The highest BCUT2D eigenvalue weighted by Gasteiger charge is 2.26. The van der Waals surface area contributed by atoms with E-state index >= 15 is 0 Å². The fraction of sp³-hybridized carbons (Fsp3) is 0.533. The van der Waals surface area contributed by atoms with Gasteiger partial charge in [-0.3, -0.25) is 4.99 Å². The lowest BCUT2D eigenvalue weighted by Crippen LogP contribution is -2.39. The Balaban J connectivity index is 0.00000625. The lowest BCUT2D eigenvalue weighted by molar-refractivity contribution is -0.132. The van der Waals surface area contributed by atoms with Crippen molar-refractivity contribution in [2.45, 2.75) is 25.6 Å². The number of benzene rings is 1. The van der Waals surface area contributed by atoms with Crippen LogP contribution >= 0.6 is 47.2 Å². The molecule has 150 valence electrons. The number of aliphatic imine (C=N–C) groups is 1. The Bertz CT molecular complexity index is 578. The molecule has 0 bridgehead atoms. The van der Waals surface area contributed by atoms with E-state index in [-0.39, 0.29) is 54.7 Å². The van der Waals surface area contributed by atoms with Crippen LogP contribution in [0.25, 0.3) is 0 Å². The Hall–Kier alpha value is -0.650. The van der Waals surface area contributed by atoms with Crippen LogP contribution < -0.4 is 15.4 Å². The van der Waals surface area contributed by atoms with Gasteiger partial charge in [-0.2, -0.15) is 13.2 Å². The van der Waals surface area contributed by atoms with Gasteiger partial charge < -0.3 is 20.5 Å². The van der Waals surface area contributed by atoms with Crippen LogP contribution in [0.5, 0.6) is 5.75 Å². The molecule has 5 nitrogen and oxygen atoms in total. The number of guanidine groups is 1. The number of nitrogens with one attached hydrogen (secondary N) is 2. The summed E-state index contributed by atoms with van der Waals surface area (Å²) in [6.45, 7) is 1.80. The number of halogens is 6. The third-order valence-corrected chi connectivity index (χ3v) is 3.65. The molecule has 0 fully saturated rings. The topological polar surface area (TPSA) is 65.9 Å². The molecular formula is C15H21Cl2F3IN3O2.